The number of aliphatic hydroxyl groups excluding tert-OH is 1. The molecule has 0 bridgehead atoms. The van der Waals surface area contributed by atoms with Gasteiger partial charge in [-0.1, -0.05) is 66.8 Å². The summed E-state index contributed by atoms with van der Waals surface area (Å²) >= 11 is 0. The van der Waals surface area contributed by atoms with Crippen LogP contribution in [0.3, 0.4) is 0 Å². The first kappa shape index (κ1) is 13.2. The highest BCUT2D eigenvalue weighted by molar-refractivity contribution is 5.68. The number of hydrogen-bond donors (Lipinski definition) is 1. The van der Waals surface area contributed by atoms with Gasteiger partial charge in [-0.25, -0.2) is 0 Å². The van der Waals surface area contributed by atoms with Gasteiger partial charge in [0.05, 0.1) is 6.61 Å². The lowest BCUT2D eigenvalue weighted by molar-refractivity contribution is 0.343. The molecule has 1 aromatic carbocycles. The van der Waals surface area contributed by atoms with Crippen LogP contribution in [0.25, 0.3) is 5.57 Å². The number of hydrogen-bond acceptors (Lipinski definition) is 1. The second-order valence-corrected chi connectivity index (χ2v) is 3.55. The van der Waals surface area contributed by atoms with E-state index in [2.05, 4.69) is 24.8 Å². The van der Waals surface area contributed by atoms with Gasteiger partial charge in [0, 0.05) is 0 Å². The maximum absolute atomic E-state index is 8.59. The van der Waals surface area contributed by atoms with Crippen molar-refractivity contribution >= 4 is 5.57 Å². The fraction of sp³-hybridized carbons (Fsp3) is 0.125. The maximum atomic E-state index is 8.59. The molecular weight excluding hydrogens is 208 g/mol. The van der Waals surface area contributed by atoms with Crippen LogP contribution in [0, 0.1) is 0 Å². The summed E-state index contributed by atoms with van der Waals surface area (Å²) < 4.78 is 0. The number of aliphatic hydroxyl groups is 1. The number of benzene rings is 1. The average molecular weight is 226 g/mol. The molecule has 0 amide bonds. The average Bonchev–Trinajstić information content (AvgIpc) is 2.38. The van der Waals surface area contributed by atoms with E-state index in [-0.39, 0.29) is 6.61 Å². The molecule has 0 unspecified atom stereocenters. The molecule has 88 valence electrons. The largest absolute Gasteiger partial charge is 0.392 e. The fourth-order valence-corrected chi connectivity index (χ4v) is 1.47. The van der Waals surface area contributed by atoms with Crippen LogP contribution in [-0.4, -0.2) is 11.7 Å². The third kappa shape index (κ3) is 5.14. The van der Waals surface area contributed by atoms with E-state index in [0.717, 1.165) is 6.42 Å². The standard InChI is InChI=1S/C16H18O/c1-2-10-15(11-6-3-4-9-14-17)16-12-7-5-8-13-16/h2-9,11-13,17H,1,10,14H2/b6-3+,9-4+,15-11?. The third-order valence-corrected chi connectivity index (χ3v) is 2.27. The zero-order valence-corrected chi connectivity index (χ0v) is 9.92. The summed E-state index contributed by atoms with van der Waals surface area (Å²) in [6.45, 7) is 3.85. The van der Waals surface area contributed by atoms with Gasteiger partial charge in [-0.05, 0) is 17.6 Å². The Morgan fingerprint density at radius 2 is 1.88 bits per heavy atom. The van der Waals surface area contributed by atoms with Gasteiger partial charge in [-0.3, -0.25) is 0 Å². The predicted octanol–water partition coefficient (Wildman–Crippen LogP) is 3.75. The molecule has 0 fully saturated rings. The Balaban J connectivity index is 2.79. The van der Waals surface area contributed by atoms with Crippen LogP contribution in [0.5, 0.6) is 0 Å². The summed E-state index contributed by atoms with van der Waals surface area (Å²) in [5.74, 6) is 0. The summed E-state index contributed by atoms with van der Waals surface area (Å²) in [5.41, 5.74) is 2.44. The monoisotopic (exact) mass is 226 g/mol. The molecule has 0 heterocycles. The second kappa shape index (κ2) is 8.31. The van der Waals surface area contributed by atoms with Gasteiger partial charge < -0.3 is 5.11 Å². The van der Waals surface area contributed by atoms with Crippen molar-refractivity contribution in [3.63, 3.8) is 0 Å². The van der Waals surface area contributed by atoms with Crippen molar-refractivity contribution in [2.45, 2.75) is 6.42 Å². The number of rotatable bonds is 6. The minimum Gasteiger partial charge on any atom is -0.392 e. The van der Waals surface area contributed by atoms with Gasteiger partial charge in [-0.15, -0.1) is 6.58 Å². The molecular formula is C16H18O. The van der Waals surface area contributed by atoms with E-state index in [1.54, 1.807) is 6.08 Å². The van der Waals surface area contributed by atoms with E-state index in [1.165, 1.54) is 11.1 Å². The third-order valence-electron chi connectivity index (χ3n) is 2.27. The van der Waals surface area contributed by atoms with Crippen molar-refractivity contribution in [1.29, 1.82) is 0 Å². The van der Waals surface area contributed by atoms with E-state index in [0.29, 0.717) is 0 Å². The first-order valence-corrected chi connectivity index (χ1v) is 5.68. The molecule has 0 atom stereocenters. The zero-order valence-electron chi connectivity index (χ0n) is 9.92. The normalized spacial score (nSPS) is 12.4. The van der Waals surface area contributed by atoms with Crippen molar-refractivity contribution in [2.24, 2.45) is 0 Å². The predicted molar refractivity (Wildman–Crippen MR) is 74.6 cm³/mol. The van der Waals surface area contributed by atoms with Crippen LogP contribution in [0.2, 0.25) is 0 Å². The van der Waals surface area contributed by atoms with E-state index in [9.17, 15) is 0 Å². The molecule has 1 aromatic rings. The lowest BCUT2D eigenvalue weighted by Gasteiger charge is -2.03. The van der Waals surface area contributed by atoms with Gasteiger partial charge in [0.1, 0.15) is 0 Å². The van der Waals surface area contributed by atoms with Crippen molar-refractivity contribution in [2.75, 3.05) is 6.61 Å². The molecule has 0 aliphatic heterocycles. The van der Waals surface area contributed by atoms with E-state index in [4.69, 9.17) is 5.11 Å². The Hall–Kier alpha value is -1.86. The quantitative estimate of drug-likeness (QED) is 0.578. The van der Waals surface area contributed by atoms with Crippen LogP contribution in [-0.2, 0) is 0 Å². The van der Waals surface area contributed by atoms with Gasteiger partial charge in [0.15, 0.2) is 0 Å². The Labute approximate surface area is 103 Å². The zero-order chi connectivity index (χ0) is 12.3. The van der Waals surface area contributed by atoms with Gasteiger partial charge >= 0.3 is 0 Å². The smallest absolute Gasteiger partial charge is 0.0615 e. The molecule has 0 aliphatic rings. The van der Waals surface area contributed by atoms with Gasteiger partial charge in [0.2, 0.25) is 0 Å². The SMILES string of the molecule is C=CCC(=C/C=C/C=C/CO)c1ccccc1. The van der Waals surface area contributed by atoms with E-state index in [1.807, 2.05) is 42.5 Å². The van der Waals surface area contributed by atoms with Gasteiger partial charge in [-0.2, -0.15) is 0 Å². The van der Waals surface area contributed by atoms with Crippen molar-refractivity contribution in [3.05, 3.63) is 78.9 Å². The molecule has 0 aromatic heterocycles. The summed E-state index contributed by atoms with van der Waals surface area (Å²) in [6.07, 6.45) is 12.2. The van der Waals surface area contributed by atoms with Crippen molar-refractivity contribution < 1.29 is 5.11 Å². The summed E-state index contributed by atoms with van der Waals surface area (Å²) in [4.78, 5) is 0. The molecule has 1 heteroatoms. The molecule has 1 N–H and O–H groups in total. The second-order valence-electron chi connectivity index (χ2n) is 3.55. The maximum Gasteiger partial charge on any atom is 0.0615 e. The highest BCUT2D eigenvalue weighted by Crippen LogP contribution is 2.18. The molecule has 0 saturated carbocycles. The van der Waals surface area contributed by atoms with Crippen LogP contribution in [0.1, 0.15) is 12.0 Å². The fourth-order valence-electron chi connectivity index (χ4n) is 1.47. The van der Waals surface area contributed by atoms with Crippen molar-refractivity contribution in [1.82, 2.24) is 0 Å². The van der Waals surface area contributed by atoms with Crippen LogP contribution in [0.15, 0.2) is 73.4 Å². The molecule has 0 radical (unpaired) electrons. The summed E-state index contributed by atoms with van der Waals surface area (Å²) in [5, 5.41) is 8.59. The Bertz CT molecular complexity index is 410. The van der Waals surface area contributed by atoms with E-state index >= 15 is 0 Å². The topological polar surface area (TPSA) is 20.2 Å². The lowest BCUT2D eigenvalue weighted by Crippen LogP contribution is -1.81. The first-order valence-electron chi connectivity index (χ1n) is 5.68. The Kier molecular flexibility index (Phi) is 6.46. The van der Waals surface area contributed by atoms with Gasteiger partial charge in [0.25, 0.3) is 0 Å². The summed E-state index contributed by atoms with van der Waals surface area (Å²) in [7, 11) is 0. The first-order chi connectivity index (χ1) is 8.38. The molecule has 1 rings (SSSR count). The van der Waals surface area contributed by atoms with Crippen LogP contribution >= 0.6 is 0 Å². The van der Waals surface area contributed by atoms with Crippen LogP contribution in [0.4, 0.5) is 0 Å². The molecule has 0 aliphatic carbocycles. The highest BCUT2D eigenvalue weighted by atomic mass is 16.2. The minimum absolute atomic E-state index is 0.0756. The molecule has 0 saturated heterocycles. The molecule has 1 nitrogen and oxygen atoms in total. The Morgan fingerprint density at radius 1 is 1.12 bits per heavy atom. The number of allylic oxidation sites excluding steroid dienone is 6. The van der Waals surface area contributed by atoms with Crippen LogP contribution < -0.4 is 0 Å². The lowest BCUT2D eigenvalue weighted by atomic mass is 10.0. The highest BCUT2D eigenvalue weighted by Gasteiger charge is 1.96. The summed E-state index contributed by atoms with van der Waals surface area (Å²) in [6, 6.07) is 10.2. The molecule has 0 spiro atoms. The Morgan fingerprint density at radius 3 is 2.53 bits per heavy atom. The van der Waals surface area contributed by atoms with E-state index < -0.39 is 0 Å². The van der Waals surface area contributed by atoms with Crippen molar-refractivity contribution in [3.8, 4) is 0 Å². The minimum atomic E-state index is 0.0756. The molecule has 17 heavy (non-hydrogen) atoms.